The minimum Gasteiger partial charge on any atom is -0.436 e. The van der Waals surface area contributed by atoms with Gasteiger partial charge in [0.05, 0.1) is 23.8 Å². The fourth-order valence-corrected chi connectivity index (χ4v) is 5.37. The average molecular weight is 657 g/mol. The lowest BCUT2D eigenvalue weighted by molar-refractivity contribution is -0.120. The van der Waals surface area contributed by atoms with E-state index in [1.807, 2.05) is 25.1 Å². The first-order valence-corrected chi connectivity index (χ1v) is 15.7. The van der Waals surface area contributed by atoms with Gasteiger partial charge in [0.1, 0.15) is 11.6 Å². The maximum Gasteiger partial charge on any atom is 0.221 e. The normalized spacial score (nSPS) is 12.2. The highest BCUT2D eigenvalue weighted by atomic mass is 19.2. The number of ether oxygens (including phenoxy) is 1. The van der Waals surface area contributed by atoms with E-state index in [1.54, 1.807) is 22.9 Å². The molecule has 1 aliphatic heterocycles. The van der Waals surface area contributed by atoms with Crippen molar-refractivity contribution in [2.75, 3.05) is 13.1 Å². The number of aryl methyl sites for hydroxylation is 1. The van der Waals surface area contributed by atoms with Crippen molar-refractivity contribution in [3.05, 3.63) is 107 Å². The van der Waals surface area contributed by atoms with Crippen LogP contribution in [0.4, 0.5) is 13.2 Å². The molecule has 2 aromatic heterocycles. The molecule has 1 amide bonds. The lowest BCUT2D eigenvalue weighted by Gasteiger charge is -2.14. The third kappa shape index (κ3) is 7.60. The SMILES string of the molecule is CCc1cc(C(=N)C2=CCC=Cn3c(-c4ccc(Oc5ccc(F)cn5)c(F)c4F)cnc32)ccc1C(=O)CCCCNC(=O)CCN. The summed E-state index contributed by atoms with van der Waals surface area (Å²) in [5, 5.41) is 11.9. The highest BCUT2D eigenvalue weighted by Crippen LogP contribution is 2.35. The summed E-state index contributed by atoms with van der Waals surface area (Å²) >= 11 is 0. The zero-order valence-corrected chi connectivity index (χ0v) is 26.4. The van der Waals surface area contributed by atoms with Crippen LogP contribution in [-0.4, -0.2) is 45.0 Å². The van der Waals surface area contributed by atoms with Crippen molar-refractivity contribution in [2.45, 2.75) is 45.4 Å². The van der Waals surface area contributed by atoms with Crippen LogP contribution in [0.25, 0.3) is 23.0 Å². The number of nitrogens with zero attached hydrogens (tertiary/aromatic N) is 3. The number of allylic oxidation sites excluding steroid dienone is 3. The molecule has 2 aromatic carbocycles. The number of nitrogens with two attached hydrogens (primary N) is 1. The Labute approximate surface area is 275 Å². The second kappa shape index (κ2) is 15.5. The Bertz CT molecular complexity index is 1900. The smallest absolute Gasteiger partial charge is 0.221 e. The van der Waals surface area contributed by atoms with Crippen LogP contribution in [0.1, 0.15) is 66.3 Å². The van der Waals surface area contributed by atoms with Crippen molar-refractivity contribution < 1.29 is 27.5 Å². The van der Waals surface area contributed by atoms with E-state index in [0.29, 0.717) is 67.7 Å². The molecular formula is C36H35F3N6O3. The van der Waals surface area contributed by atoms with Crippen molar-refractivity contribution in [1.29, 1.82) is 5.41 Å². The van der Waals surface area contributed by atoms with E-state index >= 15 is 8.78 Å². The summed E-state index contributed by atoms with van der Waals surface area (Å²) in [6, 6.07) is 10.2. The highest BCUT2D eigenvalue weighted by Gasteiger charge is 2.24. The number of pyridine rings is 1. The number of imidazole rings is 1. The Morgan fingerprint density at radius 2 is 1.85 bits per heavy atom. The Hall–Kier alpha value is -5.36. The minimum absolute atomic E-state index is 0.00381. The van der Waals surface area contributed by atoms with Crippen LogP contribution in [-0.2, 0) is 11.2 Å². The molecule has 0 saturated carbocycles. The lowest BCUT2D eigenvalue weighted by Crippen LogP contribution is -2.26. The number of Topliss-reactive ketones (excluding diaryl/α,β-unsaturated/α-hetero) is 1. The highest BCUT2D eigenvalue weighted by molar-refractivity contribution is 6.30. The Kier molecular flexibility index (Phi) is 11.0. The second-order valence-corrected chi connectivity index (χ2v) is 11.1. The van der Waals surface area contributed by atoms with Gasteiger partial charge >= 0.3 is 0 Å². The van der Waals surface area contributed by atoms with Crippen LogP contribution in [0, 0.1) is 22.9 Å². The molecule has 0 fully saturated rings. The number of unbranched alkanes of at least 4 members (excludes halogenated alkanes) is 1. The van der Waals surface area contributed by atoms with Gasteiger partial charge < -0.3 is 15.8 Å². The molecule has 48 heavy (non-hydrogen) atoms. The molecule has 4 N–H and O–H groups in total. The van der Waals surface area contributed by atoms with Gasteiger partial charge in [0.25, 0.3) is 0 Å². The molecule has 0 spiro atoms. The predicted octanol–water partition coefficient (Wildman–Crippen LogP) is 6.86. The molecule has 4 aromatic rings. The second-order valence-electron chi connectivity index (χ2n) is 11.1. The van der Waals surface area contributed by atoms with E-state index in [4.69, 9.17) is 15.9 Å². The number of carbonyl (C=O) groups is 2. The summed E-state index contributed by atoms with van der Waals surface area (Å²) in [6.07, 6.45) is 10.6. The lowest BCUT2D eigenvalue weighted by atomic mass is 9.92. The molecule has 0 saturated heterocycles. The van der Waals surface area contributed by atoms with Gasteiger partial charge in [-0.3, -0.25) is 19.6 Å². The first-order chi connectivity index (χ1) is 23.2. The molecule has 9 nitrogen and oxygen atoms in total. The van der Waals surface area contributed by atoms with Crippen molar-refractivity contribution in [1.82, 2.24) is 19.9 Å². The van der Waals surface area contributed by atoms with Gasteiger partial charge in [-0.1, -0.05) is 31.2 Å². The van der Waals surface area contributed by atoms with E-state index in [0.717, 1.165) is 17.8 Å². The third-order valence-electron chi connectivity index (χ3n) is 7.86. The number of halogens is 3. The Morgan fingerprint density at radius 3 is 2.60 bits per heavy atom. The first-order valence-electron chi connectivity index (χ1n) is 15.7. The van der Waals surface area contributed by atoms with Crippen LogP contribution < -0.4 is 15.8 Å². The Balaban J connectivity index is 1.33. The fourth-order valence-electron chi connectivity index (χ4n) is 5.37. The summed E-state index contributed by atoms with van der Waals surface area (Å²) in [7, 11) is 0. The van der Waals surface area contributed by atoms with E-state index in [-0.39, 0.29) is 41.0 Å². The third-order valence-corrected chi connectivity index (χ3v) is 7.86. The van der Waals surface area contributed by atoms with Gasteiger partial charge in [0, 0.05) is 60.5 Å². The molecule has 12 heteroatoms. The number of benzene rings is 2. The maximum absolute atomic E-state index is 15.4. The van der Waals surface area contributed by atoms with E-state index in [2.05, 4.69) is 15.3 Å². The van der Waals surface area contributed by atoms with Gasteiger partial charge in [-0.15, -0.1) is 0 Å². The monoisotopic (exact) mass is 656 g/mol. The molecule has 5 rings (SSSR count). The van der Waals surface area contributed by atoms with E-state index < -0.39 is 23.2 Å². The molecule has 3 heterocycles. The zero-order valence-electron chi connectivity index (χ0n) is 26.4. The van der Waals surface area contributed by atoms with Gasteiger partial charge in [-0.05, 0) is 55.5 Å². The fraction of sp³-hybridized carbons (Fsp3) is 0.250. The number of fused-ring (bicyclic) bond motifs is 1. The standard InChI is InChI=1S/C36H35F3N6O3/c1-2-22-19-23(9-11-25(22)29(46)8-3-5-17-42-31(47)15-16-40)35(41)27-7-4-6-18-45-28(21-44-36(27)45)26-12-13-30(34(39)33(26)38)48-32-14-10-24(37)20-43-32/h6-7,9-14,18-21,41H,2-5,8,15-17,40H2,1H3,(H,42,47). The first kappa shape index (κ1) is 34.0. The molecule has 0 unspecified atom stereocenters. The van der Waals surface area contributed by atoms with Crippen LogP contribution in [0.2, 0.25) is 0 Å². The van der Waals surface area contributed by atoms with Gasteiger partial charge in [0.2, 0.25) is 17.6 Å². The number of aromatic nitrogens is 3. The van der Waals surface area contributed by atoms with Crippen molar-refractivity contribution >= 4 is 29.2 Å². The molecular weight excluding hydrogens is 621 g/mol. The average Bonchev–Trinajstić information content (AvgIpc) is 3.38. The zero-order chi connectivity index (χ0) is 34.2. The minimum atomic E-state index is -1.24. The van der Waals surface area contributed by atoms with Crippen LogP contribution in [0.15, 0.2) is 67.0 Å². The van der Waals surface area contributed by atoms with Gasteiger partial charge in [-0.2, -0.15) is 4.39 Å². The summed E-state index contributed by atoms with van der Waals surface area (Å²) in [5.74, 6) is -3.25. The summed E-state index contributed by atoms with van der Waals surface area (Å²) < 4.78 is 50.7. The quantitative estimate of drug-likeness (QED) is 0.0771. The number of hydrogen-bond acceptors (Lipinski definition) is 7. The largest absolute Gasteiger partial charge is 0.436 e. The predicted molar refractivity (Wildman–Crippen MR) is 177 cm³/mol. The number of carbonyl (C=O) groups excluding carboxylic acids is 2. The number of ketones is 1. The summed E-state index contributed by atoms with van der Waals surface area (Å²) in [4.78, 5) is 32.8. The molecule has 248 valence electrons. The van der Waals surface area contributed by atoms with Crippen molar-refractivity contribution in [3.63, 3.8) is 0 Å². The van der Waals surface area contributed by atoms with Crippen LogP contribution in [0.5, 0.6) is 11.6 Å². The van der Waals surface area contributed by atoms with Crippen LogP contribution >= 0.6 is 0 Å². The van der Waals surface area contributed by atoms with Gasteiger partial charge in [-0.25, -0.2) is 18.7 Å². The maximum atomic E-state index is 15.4. The van der Waals surface area contributed by atoms with Crippen molar-refractivity contribution in [3.8, 4) is 22.9 Å². The topological polar surface area (TPSA) is 136 Å². The van der Waals surface area contributed by atoms with E-state index in [9.17, 15) is 14.0 Å². The molecule has 0 bridgehead atoms. The molecule has 0 atom stereocenters. The molecule has 1 aliphatic rings. The van der Waals surface area contributed by atoms with Gasteiger partial charge in [0.15, 0.2) is 17.3 Å². The number of nitrogens with one attached hydrogen (secondary N) is 2. The van der Waals surface area contributed by atoms with Crippen LogP contribution in [0.3, 0.4) is 0 Å². The molecule has 0 aliphatic carbocycles. The summed E-state index contributed by atoms with van der Waals surface area (Å²) in [6.45, 7) is 2.73. The number of rotatable bonds is 14. The molecule has 0 radical (unpaired) electrons. The van der Waals surface area contributed by atoms with E-state index in [1.165, 1.54) is 24.4 Å². The van der Waals surface area contributed by atoms with Crippen molar-refractivity contribution in [2.24, 2.45) is 5.73 Å². The Morgan fingerprint density at radius 1 is 1.02 bits per heavy atom. The number of hydrogen-bond donors (Lipinski definition) is 3. The summed E-state index contributed by atoms with van der Waals surface area (Å²) in [5.41, 5.74) is 8.23. The number of amides is 1.